The van der Waals surface area contributed by atoms with E-state index in [4.69, 9.17) is 5.11 Å². The fourth-order valence-corrected chi connectivity index (χ4v) is 2.79. The Morgan fingerprint density at radius 3 is 2.85 bits per heavy atom. The highest BCUT2D eigenvalue weighted by Crippen LogP contribution is 2.22. The fraction of sp³-hybridized carbons (Fsp3) is 0.643. The molecule has 110 valence electrons. The van der Waals surface area contributed by atoms with Gasteiger partial charge in [-0.25, -0.2) is 0 Å². The summed E-state index contributed by atoms with van der Waals surface area (Å²) < 4.78 is 1.61. The van der Waals surface area contributed by atoms with Crippen LogP contribution in [0.25, 0.3) is 0 Å². The molecular weight excluding hydrogens is 258 g/mol. The van der Waals surface area contributed by atoms with Crippen LogP contribution < -0.4 is 0 Å². The van der Waals surface area contributed by atoms with Crippen LogP contribution in [0.3, 0.4) is 0 Å². The van der Waals surface area contributed by atoms with Crippen molar-refractivity contribution < 1.29 is 14.7 Å². The molecule has 0 radical (unpaired) electrons. The van der Waals surface area contributed by atoms with Crippen molar-refractivity contribution >= 4 is 11.9 Å². The maximum Gasteiger partial charge on any atom is 0.303 e. The molecular formula is C14H21N3O3. The number of aliphatic carboxylic acids is 1. The Balaban J connectivity index is 1.99. The number of carboxylic acid groups (broad SMARTS) is 1. The van der Waals surface area contributed by atoms with Crippen molar-refractivity contribution in [3.05, 3.63) is 17.5 Å². The predicted octanol–water partition coefficient (Wildman–Crippen LogP) is 1.45. The molecule has 0 spiro atoms. The lowest BCUT2D eigenvalue weighted by molar-refractivity contribution is -0.137. The standard InChI is InChI=1S/C14H21N3O3/c1-10-8-12(16(2)15-10)14(20)17-7-3-4-11(9-17)5-6-13(18)19/h8,11H,3-7,9H2,1-2H3,(H,18,19)/t11-/m0/s1. The van der Waals surface area contributed by atoms with E-state index in [1.54, 1.807) is 17.8 Å². The van der Waals surface area contributed by atoms with E-state index in [2.05, 4.69) is 5.10 Å². The van der Waals surface area contributed by atoms with Gasteiger partial charge in [-0.1, -0.05) is 0 Å². The maximum absolute atomic E-state index is 12.5. The Labute approximate surface area is 118 Å². The van der Waals surface area contributed by atoms with Gasteiger partial charge in [0.2, 0.25) is 0 Å². The third-order valence-electron chi connectivity index (χ3n) is 3.79. The second-order valence-corrected chi connectivity index (χ2v) is 5.49. The molecule has 0 saturated carbocycles. The van der Waals surface area contributed by atoms with E-state index in [1.165, 1.54) is 0 Å². The summed E-state index contributed by atoms with van der Waals surface area (Å²) in [6.45, 7) is 3.26. The van der Waals surface area contributed by atoms with Crippen LogP contribution in [0.2, 0.25) is 0 Å². The third kappa shape index (κ3) is 3.37. The number of aryl methyl sites for hydroxylation is 2. The molecule has 0 unspecified atom stereocenters. The first-order valence-electron chi connectivity index (χ1n) is 6.99. The molecule has 1 aliphatic rings. The van der Waals surface area contributed by atoms with E-state index >= 15 is 0 Å². The quantitative estimate of drug-likeness (QED) is 0.905. The lowest BCUT2D eigenvalue weighted by Crippen LogP contribution is -2.40. The van der Waals surface area contributed by atoms with Gasteiger partial charge in [0.15, 0.2) is 0 Å². The van der Waals surface area contributed by atoms with Crippen LogP contribution in [0.1, 0.15) is 41.9 Å². The van der Waals surface area contributed by atoms with Crippen LogP contribution in [-0.4, -0.2) is 44.8 Å². The highest BCUT2D eigenvalue weighted by Gasteiger charge is 2.26. The maximum atomic E-state index is 12.5. The minimum atomic E-state index is -0.768. The van der Waals surface area contributed by atoms with Gasteiger partial charge in [-0.05, 0) is 38.2 Å². The van der Waals surface area contributed by atoms with Gasteiger partial charge in [-0.15, -0.1) is 0 Å². The first-order chi connectivity index (χ1) is 9.47. The lowest BCUT2D eigenvalue weighted by atomic mass is 9.93. The van der Waals surface area contributed by atoms with E-state index in [1.807, 2.05) is 11.8 Å². The second kappa shape index (κ2) is 6.07. The first-order valence-corrected chi connectivity index (χ1v) is 6.99. The summed E-state index contributed by atoms with van der Waals surface area (Å²) in [7, 11) is 1.77. The molecule has 1 saturated heterocycles. The average molecular weight is 279 g/mol. The number of carboxylic acids is 1. The van der Waals surface area contributed by atoms with Crippen LogP contribution in [-0.2, 0) is 11.8 Å². The van der Waals surface area contributed by atoms with Crippen molar-refractivity contribution in [3.8, 4) is 0 Å². The van der Waals surface area contributed by atoms with Crippen LogP contribution in [0.4, 0.5) is 0 Å². The van der Waals surface area contributed by atoms with E-state index in [0.717, 1.165) is 25.1 Å². The minimum Gasteiger partial charge on any atom is -0.481 e. The Kier molecular flexibility index (Phi) is 4.42. The summed E-state index contributed by atoms with van der Waals surface area (Å²) in [6.07, 6.45) is 2.76. The number of aromatic nitrogens is 2. The summed E-state index contributed by atoms with van der Waals surface area (Å²) >= 11 is 0. The normalized spacial score (nSPS) is 19.1. The second-order valence-electron chi connectivity index (χ2n) is 5.49. The SMILES string of the molecule is Cc1cc(C(=O)N2CCC[C@@H](CCC(=O)O)C2)n(C)n1. The zero-order valence-electron chi connectivity index (χ0n) is 12.0. The number of nitrogens with zero attached hydrogens (tertiary/aromatic N) is 3. The van der Waals surface area contributed by atoms with Crippen molar-refractivity contribution in [2.24, 2.45) is 13.0 Å². The van der Waals surface area contributed by atoms with E-state index in [0.29, 0.717) is 18.7 Å². The van der Waals surface area contributed by atoms with Gasteiger partial charge in [0.05, 0.1) is 5.69 Å². The van der Waals surface area contributed by atoms with Gasteiger partial charge in [0.25, 0.3) is 5.91 Å². The molecule has 0 bridgehead atoms. The zero-order chi connectivity index (χ0) is 14.7. The van der Waals surface area contributed by atoms with Gasteiger partial charge < -0.3 is 10.0 Å². The van der Waals surface area contributed by atoms with Gasteiger partial charge in [-0.3, -0.25) is 14.3 Å². The van der Waals surface area contributed by atoms with Crippen LogP contribution in [0.15, 0.2) is 6.07 Å². The molecule has 2 rings (SSSR count). The molecule has 0 aromatic carbocycles. The van der Waals surface area contributed by atoms with Crippen molar-refractivity contribution in [1.29, 1.82) is 0 Å². The summed E-state index contributed by atoms with van der Waals surface area (Å²) in [5, 5.41) is 12.9. The van der Waals surface area contributed by atoms with E-state index in [9.17, 15) is 9.59 Å². The van der Waals surface area contributed by atoms with Gasteiger partial charge in [-0.2, -0.15) is 5.10 Å². The van der Waals surface area contributed by atoms with Crippen LogP contribution in [0, 0.1) is 12.8 Å². The highest BCUT2D eigenvalue weighted by atomic mass is 16.4. The molecule has 6 nitrogen and oxygen atoms in total. The number of piperidine rings is 1. The smallest absolute Gasteiger partial charge is 0.303 e. The zero-order valence-corrected chi connectivity index (χ0v) is 12.0. The molecule has 1 atom stereocenters. The molecule has 1 aromatic rings. The molecule has 0 aliphatic carbocycles. The monoisotopic (exact) mass is 279 g/mol. The summed E-state index contributed by atoms with van der Waals surface area (Å²) in [6, 6.07) is 1.79. The largest absolute Gasteiger partial charge is 0.481 e. The van der Waals surface area contributed by atoms with Crippen molar-refractivity contribution in [3.63, 3.8) is 0 Å². The van der Waals surface area contributed by atoms with Crippen molar-refractivity contribution in [2.75, 3.05) is 13.1 Å². The summed E-state index contributed by atoms with van der Waals surface area (Å²) in [4.78, 5) is 24.9. The summed E-state index contributed by atoms with van der Waals surface area (Å²) in [5.41, 5.74) is 1.43. The number of rotatable bonds is 4. The number of amides is 1. The van der Waals surface area contributed by atoms with Crippen LogP contribution >= 0.6 is 0 Å². The first kappa shape index (κ1) is 14.6. The third-order valence-corrected chi connectivity index (χ3v) is 3.79. The predicted molar refractivity (Wildman–Crippen MR) is 73.4 cm³/mol. The average Bonchev–Trinajstić information content (AvgIpc) is 2.75. The van der Waals surface area contributed by atoms with E-state index in [-0.39, 0.29) is 18.2 Å². The molecule has 6 heteroatoms. The Bertz CT molecular complexity index is 510. The Morgan fingerprint density at radius 2 is 2.25 bits per heavy atom. The van der Waals surface area contributed by atoms with Crippen LogP contribution in [0.5, 0.6) is 0 Å². The topological polar surface area (TPSA) is 75.4 Å². The van der Waals surface area contributed by atoms with Crippen molar-refractivity contribution in [1.82, 2.24) is 14.7 Å². The molecule has 1 fully saturated rings. The molecule has 2 heterocycles. The van der Waals surface area contributed by atoms with Crippen molar-refractivity contribution in [2.45, 2.75) is 32.6 Å². The molecule has 1 aliphatic heterocycles. The number of carbonyl (C=O) groups is 2. The lowest BCUT2D eigenvalue weighted by Gasteiger charge is -2.32. The van der Waals surface area contributed by atoms with Gasteiger partial charge in [0, 0.05) is 26.6 Å². The Hall–Kier alpha value is -1.85. The molecule has 1 aromatic heterocycles. The number of hydrogen-bond acceptors (Lipinski definition) is 3. The highest BCUT2D eigenvalue weighted by molar-refractivity contribution is 5.92. The minimum absolute atomic E-state index is 0.00637. The number of hydrogen-bond donors (Lipinski definition) is 1. The Morgan fingerprint density at radius 1 is 1.50 bits per heavy atom. The van der Waals surface area contributed by atoms with Gasteiger partial charge in [0.1, 0.15) is 5.69 Å². The fourth-order valence-electron chi connectivity index (χ4n) is 2.79. The molecule has 1 N–H and O–H groups in total. The van der Waals surface area contributed by atoms with Gasteiger partial charge >= 0.3 is 5.97 Å². The molecule has 20 heavy (non-hydrogen) atoms. The number of likely N-dealkylation sites (tertiary alicyclic amines) is 1. The summed E-state index contributed by atoms with van der Waals surface area (Å²) in [5.74, 6) is -0.484. The van der Waals surface area contributed by atoms with E-state index < -0.39 is 5.97 Å². The number of carbonyl (C=O) groups excluding carboxylic acids is 1. The molecule has 1 amide bonds.